The number of unbranched alkanes of at least 4 members (excludes halogenated alkanes) is 4. The maximum absolute atomic E-state index is 4.66. The van der Waals surface area contributed by atoms with Gasteiger partial charge in [0.1, 0.15) is 0 Å². The molecule has 1 aliphatic carbocycles. The lowest BCUT2D eigenvalue weighted by atomic mass is 9.77. The molecule has 0 heterocycles. The molecule has 0 radical (unpaired) electrons. The van der Waals surface area contributed by atoms with Crippen LogP contribution < -0.4 is 0 Å². The van der Waals surface area contributed by atoms with Gasteiger partial charge < -0.3 is 0 Å². The van der Waals surface area contributed by atoms with E-state index < -0.39 is 0 Å². The van der Waals surface area contributed by atoms with E-state index in [-0.39, 0.29) is 0 Å². The zero-order valence-corrected chi connectivity index (χ0v) is 19.4. The molecule has 2 aromatic carbocycles. The Hall–Kier alpha value is -1.76. The monoisotopic (exact) mass is 419 g/mol. The lowest BCUT2D eigenvalue weighted by Gasteiger charge is -2.29. The normalized spacial score (nSPS) is 18.7. The number of hydrogen-bond acceptors (Lipinski definition) is 2. The van der Waals surface area contributed by atoms with Crippen LogP contribution in [0, 0.1) is 5.92 Å². The Bertz CT molecular complexity index is 778. The molecule has 0 atom stereocenters. The smallest absolute Gasteiger partial charge is 0.0739 e. The van der Waals surface area contributed by atoms with Crippen molar-refractivity contribution in [3.8, 4) is 0 Å². The van der Waals surface area contributed by atoms with E-state index in [1.54, 1.807) is 5.56 Å². The van der Waals surface area contributed by atoms with E-state index in [0.717, 1.165) is 30.4 Å². The zero-order chi connectivity index (χ0) is 21.0. The zero-order valence-electron chi connectivity index (χ0n) is 18.6. The second-order valence-electron chi connectivity index (χ2n) is 9.03. The standard InChI is InChI=1S/C28H37NS/c1-2-3-4-5-6-7-23-10-16-26(17-11-23)27-18-12-24(13-19-27)8-9-25-14-20-28(21-15-25)29-22-30/h12-15,18-21,23,26H,2-11,16-17H2,1H3. The van der Waals surface area contributed by atoms with E-state index in [2.05, 4.69) is 65.7 Å². The molecule has 0 spiro atoms. The molecule has 30 heavy (non-hydrogen) atoms. The number of aliphatic imine (C=N–C) groups is 1. The van der Waals surface area contributed by atoms with Crippen LogP contribution in [0.5, 0.6) is 0 Å². The van der Waals surface area contributed by atoms with Crippen LogP contribution in [-0.2, 0) is 12.8 Å². The molecule has 0 aromatic heterocycles. The van der Waals surface area contributed by atoms with E-state index in [1.807, 2.05) is 12.1 Å². The first-order chi connectivity index (χ1) is 14.8. The molecule has 1 nitrogen and oxygen atoms in total. The molecule has 0 amide bonds. The number of benzene rings is 2. The molecular formula is C28H37NS. The third-order valence-electron chi connectivity index (χ3n) is 6.83. The summed E-state index contributed by atoms with van der Waals surface area (Å²) in [7, 11) is 0. The lowest BCUT2D eigenvalue weighted by Crippen LogP contribution is -2.13. The van der Waals surface area contributed by atoms with Gasteiger partial charge in [-0.25, -0.2) is 0 Å². The van der Waals surface area contributed by atoms with Crippen LogP contribution in [0.4, 0.5) is 5.69 Å². The summed E-state index contributed by atoms with van der Waals surface area (Å²) in [5.74, 6) is 1.77. The first-order valence-electron chi connectivity index (χ1n) is 12.0. The van der Waals surface area contributed by atoms with Gasteiger partial charge in [-0.05, 0) is 91.4 Å². The quantitative estimate of drug-likeness (QED) is 0.201. The minimum atomic E-state index is 0.782. The van der Waals surface area contributed by atoms with E-state index in [1.165, 1.54) is 75.3 Å². The Morgan fingerprint density at radius 1 is 0.800 bits per heavy atom. The predicted molar refractivity (Wildman–Crippen MR) is 133 cm³/mol. The van der Waals surface area contributed by atoms with Gasteiger partial charge in [0.2, 0.25) is 0 Å². The van der Waals surface area contributed by atoms with E-state index >= 15 is 0 Å². The van der Waals surface area contributed by atoms with Crippen LogP contribution in [-0.4, -0.2) is 5.16 Å². The fourth-order valence-electron chi connectivity index (χ4n) is 4.86. The molecule has 0 N–H and O–H groups in total. The first-order valence-corrected chi connectivity index (χ1v) is 12.4. The average molecular weight is 420 g/mol. The van der Waals surface area contributed by atoms with Crippen molar-refractivity contribution >= 4 is 23.1 Å². The van der Waals surface area contributed by atoms with Gasteiger partial charge in [0, 0.05) is 0 Å². The van der Waals surface area contributed by atoms with Crippen LogP contribution in [0.3, 0.4) is 0 Å². The minimum Gasteiger partial charge on any atom is -0.195 e. The van der Waals surface area contributed by atoms with Crippen molar-refractivity contribution < 1.29 is 0 Å². The maximum Gasteiger partial charge on any atom is 0.0739 e. The SMILES string of the molecule is CCCCCCCC1CCC(c2ccc(CCc3ccc(N=C=S)cc3)cc2)CC1. The maximum atomic E-state index is 4.66. The van der Waals surface area contributed by atoms with Crippen molar-refractivity contribution in [3.63, 3.8) is 0 Å². The predicted octanol–water partition coefficient (Wildman–Crippen LogP) is 8.84. The summed E-state index contributed by atoms with van der Waals surface area (Å²) in [6, 6.07) is 17.8. The van der Waals surface area contributed by atoms with Crippen molar-refractivity contribution in [3.05, 3.63) is 65.2 Å². The number of nitrogens with zero attached hydrogens (tertiary/aromatic N) is 1. The van der Waals surface area contributed by atoms with E-state index in [4.69, 9.17) is 0 Å². The molecule has 1 aliphatic rings. The van der Waals surface area contributed by atoms with Gasteiger partial charge in [-0.15, -0.1) is 0 Å². The fourth-order valence-corrected chi connectivity index (χ4v) is 4.96. The number of isothiocyanates is 1. The summed E-state index contributed by atoms with van der Waals surface area (Å²) in [4.78, 5) is 4.01. The Morgan fingerprint density at radius 3 is 2.00 bits per heavy atom. The third kappa shape index (κ3) is 7.49. The van der Waals surface area contributed by atoms with Gasteiger partial charge in [-0.3, -0.25) is 0 Å². The van der Waals surface area contributed by atoms with Crippen molar-refractivity contribution in [2.45, 2.75) is 89.9 Å². The van der Waals surface area contributed by atoms with Gasteiger partial charge in [-0.2, -0.15) is 4.99 Å². The minimum absolute atomic E-state index is 0.782. The molecule has 2 heteroatoms. The van der Waals surface area contributed by atoms with Gasteiger partial charge in [-0.1, -0.05) is 81.8 Å². The molecule has 1 saturated carbocycles. The topological polar surface area (TPSA) is 12.4 Å². The second kappa shape index (κ2) is 12.8. The second-order valence-corrected chi connectivity index (χ2v) is 9.21. The summed E-state index contributed by atoms with van der Waals surface area (Å²) in [5, 5.41) is 2.42. The van der Waals surface area contributed by atoms with E-state index in [0.29, 0.717) is 0 Å². The van der Waals surface area contributed by atoms with Crippen LogP contribution in [0.2, 0.25) is 0 Å². The van der Waals surface area contributed by atoms with Crippen LogP contribution in [0.15, 0.2) is 53.5 Å². The van der Waals surface area contributed by atoms with Crippen molar-refractivity contribution in [2.24, 2.45) is 10.9 Å². The van der Waals surface area contributed by atoms with E-state index in [9.17, 15) is 0 Å². The number of hydrogen-bond donors (Lipinski definition) is 0. The van der Waals surface area contributed by atoms with Crippen molar-refractivity contribution in [1.82, 2.24) is 0 Å². The molecule has 3 rings (SSSR count). The number of thiocarbonyl (C=S) groups is 1. The first kappa shape index (κ1) is 22.9. The fraction of sp³-hybridized carbons (Fsp3) is 0.536. The Labute approximate surface area is 189 Å². The molecule has 0 bridgehead atoms. The molecule has 2 aromatic rings. The summed E-state index contributed by atoms with van der Waals surface area (Å²) in [5.41, 5.74) is 5.21. The molecule has 160 valence electrons. The Morgan fingerprint density at radius 2 is 1.40 bits per heavy atom. The highest BCUT2D eigenvalue weighted by Gasteiger charge is 2.21. The summed E-state index contributed by atoms with van der Waals surface area (Å²) in [6.07, 6.45) is 16.3. The average Bonchev–Trinajstić information content (AvgIpc) is 2.79. The lowest BCUT2D eigenvalue weighted by molar-refractivity contribution is 0.302. The molecule has 0 saturated heterocycles. The third-order valence-corrected chi connectivity index (χ3v) is 6.92. The van der Waals surface area contributed by atoms with Gasteiger partial charge in [0.05, 0.1) is 10.8 Å². The van der Waals surface area contributed by atoms with Gasteiger partial charge >= 0.3 is 0 Å². The highest BCUT2D eigenvalue weighted by atomic mass is 32.1. The molecule has 1 fully saturated rings. The number of rotatable bonds is 11. The molecule has 0 aliphatic heterocycles. The van der Waals surface area contributed by atoms with Crippen molar-refractivity contribution in [2.75, 3.05) is 0 Å². The summed E-state index contributed by atoms with van der Waals surface area (Å²) in [6.45, 7) is 2.30. The highest BCUT2D eigenvalue weighted by Crippen LogP contribution is 2.37. The van der Waals surface area contributed by atoms with Gasteiger partial charge in [0.15, 0.2) is 0 Å². The molecular weight excluding hydrogens is 382 g/mol. The summed E-state index contributed by atoms with van der Waals surface area (Å²) < 4.78 is 0. The summed E-state index contributed by atoms with van der Waals surface area (Å²) >= 11 is 4.66. The Kier molecular flexibility index (Phi) is 9.80. The highest BCUT2D eigenvalue weighted by molar-refractivity contribution is 7.78. The Balaban J connectivity index is 1.40. The number of aryl methyl sites for hydroxylation is 2. The van der Waals surface area contributed by atoms with Crippen LogP contribution in [0.1, 0.15) is 93.7 Å². The van der Waals surface area contributed by atoms with Crippen LogP contribution in [0.25, 0.3) is 0 Å². The van der Waals surface area contributed by atoms with Crippen LogP contribution >= 0.6 is 12.2 Å². The van der Waals surface area contributed by atoms with Gasteiger partial charge in [0.25, 0.3) is 0 Å². The largest absolute Gasteiger partial charge is 0.195 e. The molecule has 0 unspecified atom stereocenters. The van der Waals surface area contributed by atoms with Crippen molar-refractivity contribution in [1.29, 1.82) is 0 Å².